The lowest BCUT2D eigenvalue weighted by Gasteiger charge is -2.17. The molecule has 0 aliphatic heterocycles. The number of nitrogens with one attached hydrogen (secondary N) is 1. The lowest BCUT2D eigenvalue weighted by Crippen LogP contribution is -2.31. The molecule has 0 amide bonds. The lowest BCUT2D eigenvalue weighted by molar-refractivity contribution is 0.569. The zero-order valence-corrected chi connectivity index (χ0v) is 17.2. The number of thiophene rings is 1. The summed E-state index contributed by atoms with van der Waals surface area (Å²) in [4.78, 5) is 0.726. The molecule has 0 radical (unpaired) electrons. The molecule has 0 saturated carbocycles. The highest BCUT2D eigenvalue weighted by atomic mass is 35.5. The molecule has 1 heterocycles. The number of rotatable bonds is 7. The van der Waals surface area contributed by atoms with Crippen LogP contribution >= 0.6 is 22.9 Å². The van der Waals surface area contributed by atoms with Gasteiger partial charge in [-0.05, 0) is 47.8 Å². The van der Waals surface area contributed by atoms with Crippen LogP contribution in [0.4, 0.5) is 0 Å². The molecule has 3 rings (SSSR count). The van der Waals surface area contributed by atoms with Gasteiger partial charge in [-0.15, -0.1) is 11.3 Å². The zero-order chi connectivity index (χ0) is 19.5. The first-order valence-corrected chi connectivity index (χ1v) is 12.2. The summed E-state index contributed by atoms with van der Waals surface area (Å²) in [7, 11) is -7.65. The standard InChI is InChI=1S/C18H16ClNO4S3/c19-14-8-10-15(11-9-14)26(21,22)18(17-7-4-12-25-17)13-20-27(23,24)16-5-2-1-3-6-16/h1-12,18,20H,13H2/t18-/m1/s1. The topological polar surface area (TPSA) is 80.3 Å². The fourth-order valence-electron chi connectivity index (χ4n) is 2.49. The fourth-order valence-corrected chi connectivity index (χ4v) is 6.58. The summed E-state index contributed by atoms with van der Waals surface area (Å²) in [6.07, 6.45) is 0. The van der Waals surface area contributed by atoms with Gasteiger partial charge in [0.2, 0.25) is 10.0 Å². The molecule has 0 aliphatic carbocycles. The average Bonchev–Trinajstić information content (AvgIpc) is 3.17. The maximum atomic E-state index is 13.1. The van der Waals surface area contributed by atoms with Gasteiger partial charge in [-0.1, -0.05) is 35.9 Å². The highest BCUT2D eigenvalue weighted by Gasteiger charge is 2.31. The maximum Gasteiger partial charge on any atom is 0.240 e. The molecular formula is C18H16ClNO4S3. The quantitative estimate of drug-likeness (QED) is 0.603. The van der Waals surface area contributed by atoms with Gasteiger partial charge < -0.3 is 0 Å². The SMILES string of the molecule is O=S(=O)(NC[C@H](c1cccs1)S(=O)(=O)c1ccc(Cl)cc1)c1ccccc1. The van der Waals surface area contributed by atoms with E-state index in [4.69, 9.17) is 11.6 Å². The van der Waals surface area contributed by atoms with Crippen LogP contribution in [0.25, 0.3) is 0 Å². The smallest absolute Gasteiger partial charge is 0.223 e. The van der Waals surface area contributed by atoms with E-state index in [0.29, 0.717) is 9.90 Å². The van der Waals surface area contributed by atoms with Gasteiger partial charge in [0.25, 0.3) is 0 Å². The predicted molar refractivity (Wildman–Crippen MR) is 107 cm³/mol. The van der Waals surface area contributed by atoms with Gasteiger partial charge in [-0.25, -0.2) is 21.6 Å². The fraction of sp³-hybridized carbons (Fsp3) is 0.111. The third-order valence-corrected chi connectivity index (χ3v) is 8.82. The molecule has 0 aliphatic rings. The zero-order valence-electron chi connectivity index (χ0n) is 13.9. The Morgan fingerprint density at radius 3 is 2.11 bits per heavy atom. The molecule has 0 saturated heterocycles. The van der Waals surface area contributed by atoms with Crippen LogP contribution in [0.1, 0.15) is 10.1 Å². The van der Waals surface area contributed by atoms with Crippen LogP contribution in [0.15, 0.2) is 81.9 Å². The summed E-state index contributed by atoms with van der Waals surface area (Å²) in [6.45, 7) is -0.275. The Kier molecular flexibility index (Phi) is 6.02. The third-order valence-electron chi connectivity index (χ3n) is 3.89. The molecule has 27 heavy (non-hydrogen) atoms. The molecule has 0 spiro atoms. The van der Waals surface area contributed by atoms with Gasteiger partial charge in [0, 0.05) is 16.4 Å². The van der Waals surface area contributed by atoms with Crippen molar-refractivity contribution in [2.75, 3.05) is 6.54 Å². The van der Waals surface area contributed by atoms with Gasteiger partial charge in [-0.2, -0.15) is 0 Å². The molecule has 142 valence electrons. The number of hydrogen-bond acceptors (Lipinski definition) is 5. The second-order valence-electron chi connectivity index (χ2n) is 5.67. The van der Waals surface area contributed by atoms with E-state index in [2.05, 4.69) is 4.72 Å². The van der Waals surface area contributed by atoms with Gasteiger partial charge in [0.05, 0.1) is 9.79 Å². The summed E-state index contributed by atoms with van der Waals surface area (Å²) >= 11 is 7.11. The molecule has 3 aromatic rings. The molecule has 0 bridgehead atoms. The summed E-state index contributed by atoms with van der Waals surface area (Å²) in [5, 5.41) is 1.13. The minimum Gasteiger partial charge on any atom is -0.223 e. The van der Waals surface area contributed by atoms with Crippen molar-refractivity contribution in [3.63, 3.8) is 0 Å². The Labute approximate surface area is 167 Å². The molecule has 1 atom stereocenters. The molecule has 2 aromatic carbocycles. The van der Waals surface area contributed by atoms with E-state index in [-0.39, 0.29) is 16.3 Å². The second kappa shape index (κ2) is 8.12. The summed E-state index contributed by atoms with van der Waals surface area (Å²) in [5.74, 6) is 0. The normalized spacial score (nSPS) is 13.4. The molecule has 5 nitrogen and oxygen atoms in total. The van der Waals surface area contributed by atoms with E-state index in [1.165, 1.54) is 47.7 Å². The van der Waals surface area contributed by atoms with Crippen LogP contribution in [0, 0.1) is 0 Å². The first kappa shape index (κ1) is 20.0. The molecule has 1 aromatic heterocycles. The van der Waals surface area contributed by atoms with Crippen molar-refractivity contribution in [2.45, 2.75) is 15.0 Å². The highest BCUT2D eigenvalue weighted by Crippen LogP contribution is 2.32. The van der Waals surface area contributed by atoms with Crippen molar-refractivity contribution in [3.05, 3.63) is 82.0 Å². The van der Waals surface area contributed by atoms with Crippen molar-refractivity contribution < 1.29 is 16.8 Å². The monoisotopic (exact) mass is 441 g/mol. The van der Waals surface area contributed by atoms with Crippen LogP contribution in [0.5, 0.6) is 0 Å². The Hall–Kier alpha value is -1.71. The third kappa shape index (κ3) is 4.59. The molecule has 0 fully saturated rings. The van der Waals surface area contributed by atoms with E-state index in [0.717, 1.165) is 0 Å². The molecule has 1 N–H and O–H groups in total. The second-order valence-corrected chi connectivity index (χ2v) is 11.0. The van der Waals surface area contributed by atoms with Gasteiger partial charge >= 0.3 is 0 Å². The Morgan fingerprint density at radius 2 is 1.52 bits per heavy atom. The molecule has 0 unspecified atom stereocenters. The number of sulfone groups is 1. The van der Waals surface area contributed by atoms with Crippen LogP contribution in [-0.2, 0) is 19.9 Å². The minimum absolute atomic E-state index is 0.0822. The first-order chi connectivity index (χ1) is 12.8. The maximum absolute atomic E-state index is 13.1. The Bertz CT molecular complexity index is 1100. The van der Waals surface area contributed by atoms with Crippen LogP contribution in [0.2, 0.25) is 5.02 Å². The van der Waals surface area contributed by atoms with Crippen molar-refractivity contribution in [1.29, 1.82) is 0 Å². The minimum atomic E-state index is -3.83. The summed E-state index contributed by atoms with van der Waals surface area (Å²) in [5.41, 5.74) is 0. The summed E-state index contributed by atoms with van der Waals surface area (Å²) in [6, 6.07) is 17.1. The number of benzene rings is 2. The van der Waals surface area contributed by atoms with E-state index >= 15 is 0 Å². The van der Waals surface area contributed by atoms with Gasteiger partial charge in [0.1, 0.15) is 5.25 Å². The van der Waals surface area contributed by atoms with Crippen LogP contribution < -0.4 is 4.72 Å². The van der Waals surface area contributed by atoms with E-state index < -0.39 is 25.1 Å². The average molecular weight is 442 g/mol. The highest BCUT2D eigenvalue weighted by molar-refractivity contribution is 7.92. The Morgan fingerprint density at radius 1 is 0.852 bits per heavy atom. The van der Waals surface area contributed by atoms with Gasteiger partial charge in [-0.3, -0.25) is 0 Å². The van der Waals surface area contributed by atoms with E-state index in [1.54, 1.807) is 35.7 Å². The number of halogens is 1. The Balaban J connectivity index is 1.92. The van der Waals surface area contributed by atoms with E-state index in [1.807, 2.05) is 0 Å². The lowest BCUT2D eigenvalue weighted by atomic mass is 10.3. The molecular weight excluding hydrogens is 426 g/mol. The van der Waals surface area contributed by atoms with Crippen molar-refractivity contribution >= 4 is 42.8 Å². The number of hydrogen-bond donors (Lipinski definition) is 1. The van der Waals surface area contributed by atoms with Crippen molar-refractivity contribution in [2.24, 2.45) is 0 Å². The van der Waals surface area contributed by atoms with Crippen LogP contribution in [-0.4, -0.2) is 23.4 Å². The van der Waals surface area contributed by atoms with Gasteiger partial charge in [0.15, 0.2) is 9.84 Å². The predicted octanol–water partition coefficient (Wildman–Crippen LogP) is 3.90. The van der Waals surface area contributed by atoms with E-state index in [9.17, 15) is 16.8 Å². The number of sulfonamides is 1. The van der Waals surface area contributed by atoms with Crippen LogP contribution in [0.3, 0.4) is 0 Å². The molecule has 9 heteroatoms. The van der Waals surface area contributed by atoms with Crippen molar-refractivity contribution in [1.82, 2.24) is 4.72 Å². The summed E-state index contributed by atoms with van der Waals surface area (Å²) < 4.78 is 53.7. The van der Waals surface area contributed by atoms with Crippen molar-refractivity contribution in [3.8, 4) is 0 Å². The first-order valence-electron chi connectivity index (χ1n) is 7.88. The largest absolute Gasteiger partial charge is 0.240 e.